The summed E-state index contributed by atoms with van der Waals surface area (Å²) in [6, 6.07) is 0. The highest BCUT2D eigenvalue weighted by Gasteiger charge is 2.49. The van der Waals surface area contributed by atoms with Gasteiger partial charge in [-0.1, -0.05) is 39.0 Å². The summed E-state index contributed by atoms with van der Waals surface area (Å²) in [5, 5.41) is 10.1. The van der Waals surface area contributed by atoms with Crippen LogP contribution in [0.2, 0.25) is 0 Å². The van der Waals surface area contributed by atoms with E-state index in [-0.39, 0.29) is 11.8 Å². The van der Waals surface area contributed by atoms with Gasteiger partial charge in [-0.15, -0.1) is 0 Å². The maximum atomic E-state index is 12.0. The highest BCUT2D eigenvalue weighted by Crippen LogP contribution is 2.50. The lowest BCUT2D eigenvalue weighted by atomic mass is 9.83. The molecule has 130 valence electrons. The highest BCUT2D eigenvalue weighted by molar-refractivity contribution is 5.89. The summed E-state index contributed by atoms with van der Waals surface area (Å²) in [5.74, 6) is -0.129. The van der Waals surface area contributed by atoms with E-state index in [2.05, 4.69) is 6.92 Å². The maximum Gasteiger partial charge on any atom is 0.330 e. The van der Waals surface area contributed by atoms with Crippen molar-refractivity contribution < 1.29 is 19.4 Å². The molecule has 0 radical (unpaired) electrons. The molecule has 2 saturated carbocycles. The molecule has 0 saturated heterocycles. The van der Waals surface area contributed by atoms with Crippen LogP contribution in [0.5, 0.6) is 0 Å². The number of esters is 1. The van der Waals surface area contributed by atoms with Gasteiger partial charge in [0.05, 0.1) is 12.7 Å². The van der Waals surface area contributed by atoms with Crippen LogP contribution < -0.4 is 0 Å². The molecule has 2 rings (SSSR count). The first kappa shape index (κ1) is 18.2. The smallest absolute Gasteiger partial charge is 0.330 e. The largest absolute Gasteiger partial charge is 0.463 e. The molecule has 2 aliphatic carbocycles. The molecule has 1 N–H and O–H groups in total. The Bertz CT molecular complexity index is 454. The van der Waals surface area contributed by atoms with Crippen LogP contribution in [0.1, 0.15) is 77.6 Å². The number of aliphatic hydroxyl groups is 1. The van der Waals surface area contributed by atoms with Crippen LogP contribution in [0, 0.1) is 5.41 Å². The molecule has 2 fully saturated rings. The van der Waals surface area contributed by atoms with Crippen LogP contribution in [0.4, 0.5) is 0 Å². The minimum Gasteiger partial charge on any atom is -0.463 e. The first-order valence-electron chi connectivity index (χ1n) is 9.16. The predicted molar refractivity (Wildman–Crippen MR) is 88.9 cm³/mol. The van der Waals surface area contributed by atoms with Gasteiger partial charge in [0.15, 0.2) is 0 Å². The molecule has 0 heterocycles. The predicted octanol–water partition coefficient (Wildman–Crippen LogP) is 3.71. The van der Waals surface area contributed by atoms with Crippen molar-refractivity contribution in [2.45, 2.75) is 83.7 Å². The number of rotatable bonds is 8. The lowest BCUT2D eigenvalue weighted by Gasteiger charge is -2.19. The summed E-state index contributed by atoms with van der Waals surface area (Å²) in [6.07, 6.45) is 11.0. The molecule has 2 unspecified atom stereocenters. The zero-order valence-electron chi connectivity index (χ0n) is 14.3. The van der Waals surface area contributed by atoms with Crippen LogP contribution in [0.3, 0.4) is 0 Å². The van der Waals surface area contributed by atoms with Gasteiger partial charge in [-0.05, 0) is 37.7 Å². The van der Waals surface area contributed by atoms with Gasteiger partial charge in [0.1, 0.15) is 5.78 Å². The van der Waals surface area contributed by atoms with Crippen molar-refractivity contribution in [3.8, 4) is 0 Å². The minimum absolute atomic E-state index is 0.250. The first-order chi connectivity index (χ1) is 11.1. The molecule has 0 aliphatic heterocycles. The SMILES string of the molecule is CCCCCCCCOC(=O)/C=C1/CC2(CCCC2=O)CC1O. The minimum atomic E-state index is -0.668. The molecule has 0 amide bonds. The van der Waals surface area contributed by atoms with E-state index in [0.717, 1.165) is 25.7 Å². The number of ether oxygens (including phenoxy) is 1. The molecule has 23 heavy (non-hydrogen) atoms. The summed E-state index contributed by atoms with van der Waals surface area (Å²) in [6.45, 7) is 2.63. The van der Waals surface area contributed by atoms with Gasteiger partial charge >= 0.3 is 5.97 Å². The molecule has 0 bridgehead atoms. The van der Waals surface area contributed by atoms with Gasteiger partial charge in [-0.2, -0.15) is 0 Å². The molecule has 2 atom stereocenters. The number of carbonyl (C=O) groups excluding carboxylic acids is 2. The molecular formula is C19H30O4. The molecule has 0 aromatic heterocycles. The summed E-state index contributed by atoms with van der Waals surface area (Å²) in [7, 11) is 0. The van der Waals surface area contributed by atoms with Crippen LogP contribution >= 0.6 is 0 Å². The highest BCUT2D eigenvalue weighted by atomic mass is 16.5. The van der Waals surface area contributed by atoms with E-state index in [9.17, 15) is 14.7 Å². The number of hydrogen-bond acceptors (Lipinski definition) is 4. The van der Waals surface area contributed by atoms with Gasteiger partial charge < -0.3 is 9.84 Å². The Morgan fingerprint density at radius 2 is 2.04 bits per heavy atom. The van der Waals surface area contributed by atoms with Crippen LogP contribution in [0.25, 0.3) is 0 Å². The second kappa shape index (κ2) is 8.62. The zero-order chi connectivity index (χ0) is 16.7. The Hall–Kier alpha value is -1.16. The lowest BCUT2D eigenvalue weighted by molar-refractivity contribution is -0.138. The van der Waals surface area contributed by atoms with E-state index in [0.29, 0.717) is 31.4 Å². The number of aliphatic hydroxyl groups excluding tert-OH is 1. The zero-order valence-corrected chi connectivity index (χ0v) is 14.3. The topological polar surface area (TPSA) is 63.6 Å². The van der Waals surface area contributed by atoms with Gasteiger partial charge in [-0.3, -0.25) is 4.79 Å². The molecule has 4 heteroatoms. The van der Waals surface area contributed by atoms with Crippen molar-refractivity contribution in [3.05, 3.63) is 11.6 Å². The standard InChI is InChI=1S/C19H30O4/c1-2-3-4-5-6-7-11-23-18(22)12-15-13-19(14-16(15)20)10-8-9-17(19)21/h12,16,20H,2-11,13-14H2,1H3/b15-12-. The third-order valence-electron chi connectivity index (χ3n) is 5.25. The fourth-order valence-corrected chi connectivity index (χ4v) is 3.87. The Balaban J connectivity index is 1.71. The fourth-order valence-electron chi connectivity index (χ4n) is 3.87. The number of unbranched alkanes of at least 4 members (excludes halogenated alkanes) is 5. The Kier molecular flexibility index (Phi) is 6.82. The van der Waals surface area contributed by atoms with Crippen molar-refractivity contribution in [1.82, 2.24) is 0 Å². The van der Waals surface area contributed by atoms with Crippen molar-refractivity contribution in [2.24, 2.45) is 5.41 Å². The number of carbonyl (C=O) groups is 2. The van der Waals surface area contributed by atoms with Crippen molar-refractivity contribution in [3.63, 3.8) is 0 Å². The maximum absolute atomic E-state index is 12.0. The van der Waals surface area contributed by atoms with Crippen molar-refractivity contribution in [1.29, 1.82) is 0 Å². The molecule has 0 aromatic carbocycles. The third kappa shape index (κ3) is 4.90. The van der Waals surface area contributed by atoms with Gasteiger partial charge in [0.25, 0.3) is 0 Å². The average Bonchev–Trinajstić information content (AvgIpc) is 3.02. The average molecular weight is 322 g/mol. The second-order valence-electron chi connectivity index (χ2n) is 7.11. The van der Waals surface area contributed by atoms with E-state index >= 15 is 0 Å². The monoisotopic (exact) mass is 322 g/mol. The summed E-state index contributed by atoms with van der Waals surface area (Å²) in [4.78, 5) is 23.9. The Morgan fingerprint density at radius 1 is 1.30 bits per heavy atom. The van der Waals surface area contributed by atoms with E-state index in [4.69, 9.17) is 4.74 Å². The van der Waals surface area contributed by atoms with Gasteiger partial charge in [0.2, 0.25) is 0 Å². The molecular weight excluding hydrogens is 292 g/mol. The number of hydrogen-bond donors (Lipinski definition) is 1. The number of Topliss-reactive ketones (excluding diaryl/α,β-unsaturated/α-hetero) is 1. The summed E-state index contributed by atoms with van der Waals surface area (Å²) < 4.78 is 5.23. The summed E-state index contributed by atoms with van der Waals surface area (Å²) >= 11 is 0. The van der Waals surface area contributed by atoms with Crippen LogP contribution in [0.15, 0.2) is 11.6 Å². The third-order valence-corrected chi connectivity index (χ3v) is 5.25. The van der Waals surface area contributed by atoms with Crippen molar-refractivity contribution >= 4 is 11.8 Å². The normalized spacial score (nSPS) is 28.9. The molecule has 4 nitrogen and oxygen atoms in total. The van der Waals surface area contributed by atoms with Crippen LogP contribution in [-0.2, 0) is 14.3 Å². The van der Waals surface area contributed by atoms with Crippen molar-refractivity contribution in [2.75, 3.05) is 6.61 Å². The van der Waals surface area contributed by atoms with E-state index in [1.54, 1.807) is 0 Å². The van der Waals surface area contributed by atoms with E-state index in [1.165, 1.54) is 31.8 Å². The summed E-state index contributed by atoms with van der Waals surface area (Å²) in [5.41, 5.74) is 0.276. The fraction of sp³-hybridized carbons (Fsp3) is 0.789. The van der Waals surface area contributed by atoms with E-state index < -0.39 is 11.5 Å². The van der Waals surface area contributed by atoms with Crippen LogP contribution in [-0.4, -0.2) is 29.6 Å². The van der Waals surface area contributed by atoms with Gasteiger partial charge in [0, 0.05) is 17.9 Å². The molecule has 1 spiro atoms. The first-order valence-corrected chi connectivity index (χ1v) is 9.16. The lowest BCUT2D eigenvalue weighted by Crippen LogP contribution is -2.22. The second-order valence-corrected chi connectivity index (χ2v) is 7.11. The van der Waals surface area contributed by atoms with Gasteiger partial charge in [-0.25, -0.2) is 4.79 Å². The molecule has 0 aromatic rings. The molecule has 2 aliphatic rings. The number of ketones is 1. The Labute approximate surface area is 139 Å². The quantitative estimate of drug-likeness (QED) is 0.420. The Morgan fingerprint density at radius 3 is 2.74 bits per heavy atom. The van der Waals surface area contributed by atoms with E-state index in [1.807, 2.05) is 0 Å².